The van der Waals surface area contributed by atoms with Crippen molar-refractivity contribution in [2.75, 3.05) is 59.4 Å². The number of nitrogens with one attached hydrogen (secondary N) is 1. The molecule has 1 aliphatic carbocycles. The summed E-state index contributed by atoms with van der Waals surface area (Å²) < 4.78 is 0. The minimum atomic E-state index is 0.782. The van der Waals surface area contributed by atoms with Crippen LogP contribution in [0.2, 0.25) is 0 Å². The van der Waals surface area contributed by atoms with Gasteiger partial charge in [0.25, 0.3) is 0 Å². The zero-order valence-corrected chi connectivity index (χ0v) is 17.1. The number of guanidine groups is 1. The minimum absolute atomic E-state index is 0.782. The fraction of sp³-hybridized carbons (Fsp3) is 0.950. The Hall–Kier alpha value is -0.810. The van der Waals surface area contributed by atoms with E-state index in [1.165, 1.54) is 38.6 Å². The van der Waals surface area contributed by atoms with Crippen molar-refractivity contribution >= 4 is 5.96 Å². The summed E-state index contributed by atoms with van der Waals surface area (Å²) in [6.07, 6.45) is 6.85. The van der Waals surface area contributed by atoms with Crippen LogP contribution in [0.25, 0.3) is 0 Å². The summed E-state index contributed by atoms with van der Waals surface area (Å²) in [5.41, 5.74) is 0. The first kappa shape index (κ1) is 20.5. The average molecular weight is 352 g/mol. The van der Waals surface area contributed by atoms with Gasteiger partial charge in [0.05, 0.1) is 6.54 Å². The molecule has 25 heavy (non-hydrogen) atoms. The van der Waals surface area contributed by atoms with E-state index in [1.54, 1.807) is 0 Å². The molecule has 0 spiro atoms. The summed E-state index contributed by atoms with van der Waals surface area (Å²) in [5.74, 6) is 1.91. The van der Waals surface area contributed by atoms with E-state index in [4.69, 9.17) is 4.99 Å². The van der Waals surface area contributed by atoms with Crippen LogP contribution in [-0.2, 0) is 0 Å². The maximum atomic E-state index is 4.94. The van der Waals surface area contributed by atoms with Crippen LogP contribution in [-0.4, -0.2) is 86.1 Å². The van der Waals surface area contributed by atoms with Crippen molar-refractivity contribution in [2.24, 2.45) is 10.9 Å². The van der Waals surface area contributed by atoms with E-state index in [0.29, 0.717) is 0 Å². The Morgan fingerprint density at radius 3 is 2.48 bits per heavy atom. The molecule has 5 heteroatoms. The smallest absolute Gasteiger partial charge is 0.193 e. The molecule has 1 heterocycles. The van der Waals surface area contributed by atoms with Crippen LogP contribution in [0.5, 0.6) is 0 Å². The summed E-state index contributed by atoms with van der Waals surface area (Å²) in [6, 6.07) is 0.794. The Bertz CT molecular complexity index is 388. The summed E-state index contributed by atoms with van der Waals surface area (Å²) in [7, 11) is 2.27. The van der Waals surface area contributed by atoms with E-state index < -0.39 is 0 Å². The maximum absolute atomic E-state index is 4.94. The Balaban J connectivity index is 1.80. The van der Waals surface area contributed by atoms with Crippen molar-refractivity contribution < 1.29 is 0 Å². The maximum Gasteiger partial charge on any atom is 0.193 e. The van der Waals surface area contributed by atoms with Crippen LogP contribution in [0.15, 0.2) is 4.99 Å². The van der Waals surface area contributed by atoms with Crippen LogP contribution < -0.4 is 5.32 Å². The molecule has 0 aromatic rings. The molecule has 2 aliphatic rings. The number of nitrogens with zero attached hydrogens (tertiary/aromatic N) is 4. The van der Waals surface area contributed by atoms with E-state index in [1.807, 2.05) is 0 Å². The highest BCUT2D eigenvalue weighted by atomic mass is 15.3. The van der Waals surface area contributed by atoms with Crippen molar-refractivity contribution in [3.63, 3.8) is 0 Å². The second-order valence-corrected chi connectivity index (χ2v) is 7.74. The first-order valence-corrected chi connectivity index (χ1v) is 10.6. The summed E-state index contributed by atoms with van der Waals surface area (Å²) in [4.78, 5) is 12.5. The molecule has 1 saturated carbocycles. The second-order valence-electron chi connectivity index (χ2n) is 7.74. The van der Waals surface area contributed by atoms with Gasteiger partial charge in [-0.25, -0.2) is 0 Å². The van der Waals surface area contributed by atoms with Crippen molar-refractivity contribution in [1.29, 1.82) is 0 Å². The SMILES string of the molecule is CCNC(=NCCN(C)C1CCCC1)N1CCC(CN(CC)CC)C1. The van der Waals surface area contributed by atoms with Gasteiger partial charge in [-0.05, 0) is 52.2 Å². The Morgan fingerprint density at radius 1 is 1.12 bits per heavy atom. The van der Waals surface area contributed by atoms with E-state index in [0.717, 1.165) is 63.7 Å². The molecular weight excluding hydrogens is 310 g/mol. The van der Waals surface area contributed by atoms with Gasteiger partial charge in [-0.15, -0.1) is 0 Å². The molecular formula is C20H41N5. The third kappa shape index (κ3) is 6.45. The highest BCUT2D eigenvalue weighted by molar-refractivity contribution is 5.80. The first-order valence-electron chi connectivity index (χ1n) is 10.6. The quantitative estimate of drug-likeness (QED) is 0.511. The van der Waals surface area contributed by atoms with Gasteiger partial charge in [0.1, 0.15) is 0 Å². The molecule has 0 bridgehead atoms. The predicted molar refractivity (Wildman–Crippen MR) is 108 cm³/mol. The molecule has 0 amide bonds. The van der Waals surface area contributed by atoms with Crippen LogP contribution in [0.3, 0.4) is 0 Å². The zero-order valence-electron chi connectivity index (χ0n) is 17.1. The van der Waals surface area contributed by atoms with Gasteiger partial charge in [-0.2, -0.15) is 0 Å². The van der Waals surface area contributed by atoms with Gasteiger partial charge >= 0.3 is 0 Å². The molecule has 0 aromatic heterocycles. The van der Waals surface area contributed by atoms with Crippen LogP contribution in [0, 0.1) is 5.92 Å². The lowest BCUT2D eigenvalue weighted by molar-refractivity contribution is 0.251. The van der Waals surface area contributed by atoms with E-state index >= 15 is 0 Å². The van der Waals surface area contributed by atoms with Crippen LogP contribution >= 0.6 is 0 Å². The normalized spacial score (nSPS) is 22.6. The van der Waals surface area contributed by atoms with Crippen molar-refractivity contribution in [3.05, 3.63) is 0 Å². The summed E-state index contributed by atoms with van der Waals surface area (Å²) in [6.45, 7) is 15.5. The van der Waals surface area contributed by atoms with Crippen molar-refractivity contribution in [2.45, 2.75) is 58.9 Å². The van der Waals surface area contributed by atoms with Gasteiger partial charge in [-0.3, -0.25) is 4.99 Å². The molecule has 1 unspecified atom stereocenters. The number of hydrogen-bond donors (Lipinski definition) is 1. The lowest BCUT2D eigenvalue weighted by Gasteiger charge is -2.25. The standard InChI is InChI=1S/C20H41N5/c1-5-21-20(22-13-15-23(4)19-10-8-9-11-19)25-14-12-18(17-25)16-24(6-2)7-3/h18-19H,5-17H2,1-4H3,(H,21,22). The van der Waals surface area contributed by atoms with Gasteiger partial charge in [0.15, 0.2) is 5.96 Å². The fourth-order valence-corrected chi connectivity index (χ4v) is 4.29. The summed E-state index contributed by atoms with van der Waals surface area (Å²) in [5, 5.41) is 3.51. The van der Waals surface area contributed by atoms with Gasteiger partial charge in [-0.1, -0.05) is 26.7 Å². The Morgan fingerprint density at radius 2 is 1.84 bits per heavy atom. The molecule has 1 atom stereocenters. The highest BCUT2D eigenvalue weighted by Crippen LogP contribution is 2.22. The lowest BCUT2D eigenvalue weighted by Crippen LogP contribution is -2.41. The predicted octanol–water partition coefficient (Wildman–Crippen LogP) is 2.49. The molecule has 0 radical (unpaired) electrons. The molecule has 0 aromatic carbocycles. The van der Waals surface area contributed by atoms with E-state index in [9.17, 15) is 0 Å². The topological polar surface area (TPSA) is 34.1 Å². The minimum Gasteiger partial charge on any atom is -0.357 e. The number of rotatable bonds is 9. The molecule has 1 N–H and O–H groups in total. The van der Waals surface area contributed by atoms with E-state index in [2.05, 4.69) is 47.8 Å². The van der Waals surface area contributed by atoms with Crippen molar-refractivity contribution in [3.8, 4) is 0 Å². The average Bonchev–Trinajstić information content (AvgIpc) is 3.30. The number of aliphatic imine (C=N–C) groups is 1. The Kier molecular flexibility index (Phi) is 9.04. The third-order valence-corrected chi connectivity index (χ3v) is 5.99. The zero-order chi connectivity index (χ0) is 18.1. The Labute approximate surface area is 155 Å². The van der Waals surface area contributed by atoms with Gasteiger partial charge in [0.2, 0.25) is 0 Å². The molecule has 146 valence electrons. The van der Waals surface area contributed by atoms with Gasteiger partial charge < -0.3 is 20.0 Å². The molecule has 2 fully saturated rings. The largest absolute Gasteiger partial charge is 0.357 e. The summed E-state index contributed by atoms with van der Waals surface area (Å²) >= 11 is 0. The lowest BCUT2D eigenvalue weighted by atomic mass is 10.1. The number of hydrogen-bond acceptors (Lipinski definition) is 3. The number of likely N-dealkylation sites (tertiary alicyclic amines) is 1. The monoisotopic (exact) mass is 351 g/mol. The van der Waals surface area contributed by atoms with E-state index in [-0.39, 0.29) is 0 Å². The molecule has 5 nitrogen and oxygen atoms in total. The van der Waals surface area contributed by atoms with Crippen LogP contribution in [0.4, 0.5) is 0 Å². The third-order valence-electron chi connectivity index (χ3n) is 5.99. The second kappa shape index (κ2) is 11.0. The fourth-order valence-electron chi connectivity index (χ4n) is 4.29. The highest BCUT2D eigenvalue weighted by Gasteiger charge is 2.26. The molecule has 1 aliphatic heterocycles. The van der Waals surface area contributed by atoms with Crippen molar-refractivity contribution in [1.82, 2.24) is 20.0 Å². The molecule has 2 rings (SSSR count). The van der Waals surface area contributed by atoms with Crippen LogP contribution in [0.1, 0.15) is 52.9 Å². The number of likely N-dealkylation sites (N-methyl/N-ethyl adjacent to an activating group) is 1. The first-order chi connectivity index (χ1) is 12.2. The van der Waals surface area contributed by atoms with Gasteiger partial charge in [0, 0.05) is 38.8 Å². The molecule has 1 saturated heterocycles.